The molecule has 3 N–H and O–H groups in total. The van der Waals surface area contributed by atoms with Gasteiger partial charge < -0.3 is 20.4 Å². The van der Waals surface area contributed by atoms with Gasteiger partial charge in [-0.05, 0) is 31.2 Å². The van der Waals surface area contributed by atoms with Crippen LogP contribution in [0.15, 0.2) is 41.2 Å². The molecule has 1 aromatic heterocycles. The summed E-state index contributed by atoms with van der Waals surface area (Å²) in [7, 11) is 1.93. The van der Waals surface area contributed by atoms with Gasteiger partial charge in [0.05, 0.1) is 23.9 Å². The fraction of sp³-hybridized carbons (Fsp3) is 0.267. The number of anilines is 2. The molecule has 2 rings (SSSR count). The van der Waals surface area contributed by atoms with Crippen LogP contribution in [0.4, 0.5) is 11.4 Å². The van der Waals surface area contributed by atoms with Gasteiger partial charge in [0.1, 0.15) is 0 Å². The Kier molecular flexibility index (Phi) is 4.30. The molecule has 0 atom stereocenters. The molecule has 106 valence electrons. The number of rotatable bonds is 5. The Hall–Kier alpha value is -2.43. The largest absolute Gasteiger partial charge is 0.472 e. The highest BCUT2D eigenvalue weighted by molar-refractivity contribution is 5.96. The molecule has 5 nitrogen and oxygen atoms in total. The maximum atomic E-state index is 11.9. The van der Waals surface area contributed by atoms with Crippen molar-refractivity contribution in [3.63, 3.8) is 0 Å². The summed E-state index contributed by atoms with van der Waals surface area (Å²) in [6.07, 6.45) is 3.33. The summed E-state index contributed by atoms with van der Waals surface area (Å²) in [6, 6.07) is 7.20. The quantitative estimate of drug-likeness (QED) is 0.820. The van der Waals surface area contributed by atoms with Crippen molar-refractivity contribution in [2.75, 3.05) is 24.2 Å². The van der Waals surface area contributed by atoms with Crippen LogP contribution in [0.3, 0.4) is 0 Å². The van der Waals surface area contributed by atoms with E-state index in [0.29, 0.717) is 24.3 Å². The average Bonchev–Trinajstić information content (AvgIpc) is 2.92. The Morgan fingerprint density at radius 3 is 2.85 bits per heavy atom. The van der Waals surface area contributed by atoms with Crippen molar-refractivity contribution in [1.82, 2.24) is 5.32 Å². The second kappa shape index (κ2) is 6.14. The fourth-order valence-corrected chi connectivity index (χ4v) is 2.02. The van der Waals surface area contributed by atoms with Gasteiger partial charge in [0, 0.05) is 31.3 Å². The zero-order chi connectivity index (χ0) is 14.5. The van der Waals surface area contributed by atoms with Crippen LogP contribution in [-0.4, -0.2) is 19.5 Å². The highest BCUT2D eigenvalue weighted by Crippen LogP contribution is 2.25. The number of carbonyl (C=O) groups excluding carboxylic acids is 1. The van der Waals surface area contributed by atoms with Crippen LogP contribution in [0.5, 0.6) is 0 Å². The molecule has 0 unspecified atom stereocenters. The Balaban J connectivity index is 2.21. The SMILES string of the molecule is CCNC(=O)c1ccc(N)c(N(C)Cc2ccoc2)c1. The molecule has 1 heterocycles. The summed E-state index contributed by atoms with van der Waals surface area (Å²) >= 11 is 0. The molecule has 0 aliphatic rings. The average molecular weight is 273 g/mol. The number of furan rings is 1. The van der Waals surface area contributed by atoms with E-state index in [2.05, 4.69) is 5.32 Å². The molecule has 0 spiro atoms. The van der Waals surface area contributed by atoms with E-state index in [1.165, 1.54) is 0 Å². The van der Waals surface area contributed by atoms with Crippen LogP contribution < -0.4 is 16.0 Å². The van der Waals surface area contributed by atoms with Gasteiger partial charge in [-0.25, -0.2) is 0 Å². The maximum Gasteiger partial charge on any atom is 0.251 e. The van der Waals surface area contributed by atoms with E-state index in [1.807, 2.05) is 24.9 Å². The monoisotopic (exact) mass is 273 g/mol. The van der Waals surface area contributed by atoms with Crippen molar-refractivity contribution in [2.45, 2.75) is 13.5 Å². The van der Waals surface area contributed by atoms with E-state index in [4.69, 9.17) is 10.2 Å². The van der Waals surface area contributed by atoms with Crippen LogP contribution >= 0.6 is 0 Å². The first kappa shape index (κ1) is 14.0. The molecule has 5 heteroatoms. The number of benzene rings is 1. The number of amides is 1. The van der Waals surface area contributed by atoms with E-state index in [1.54, 1.807) is 30.7 Å². The molecule has 0 bridgehead atoms. The Morgan fingerprint density at radius 1 is 1.40 bits per heavy atom. The van der Waals surface area contributed by atoms with Gasteiger partial charge in [-0.3, -0.25) is 4.79 Å². The minimum atomic E-state index is -0.0922. The van der Waals surface area contributed by atoms with Crippen molar-refractivity contribution in [2.24, 2.45) is 0 Å². The lowest BCUT2D eigenvalue weighted by Crippen LogP contribution is -2.24. The van der Waals surface area contributed by atoms with Crippen molar-refractivity contribution < 1.29 is 9.21 Å². The van der Waals surface area contributed by atoms with E-state index in [9.17, 15) is 4.79 Å². The number of hydrogen-bond acceptors (Lipinski definition) is 4. The molecule has 1 aromatic carbocycles. The number of nitrogen functional groups attached to an aromatic ring is 1. The number of hydrogen-bond donors (Lipinski definition) is 2. The molecule has 2 aromatic rings. The van der Waals surface area contributed by atoms with Crippen molar-refractivity contribution in [3.05, 3.63) is 47.9 Å². The summed E-state index contributed by atoms with van der Waals surface area (Å²) < 4.78 is 5.05. The van der Waals surface area contributed by atoms with Gasteiger partial charge in [-0.2, -0.15) is 0 Å². The standard InChI is InChI=1S/C15H19N3O2/c1-3-17-15(19)12-4-5-13(16)14(8-12)18(2)9-11-6-7-20-10-11/h4-8,10H,3,9,16H2,1-2H3,(H,17,19). The second-order valence-electron chi connectivity index (χ2n) is 4.62. The lowest BCUT2D eigenvalue weighted by Gasteiger charge is -2.21. The Bertz CT molecular complexity index is 579. The van der Waals surface area contributed by atoms with Crippen LogP contribution in [0, 0.1) is 0 Å². The van der Waals surface area contributed by atoms with E-state index in [-0.39, 0.29) is 5.91 Å². The normalized spacial score (nSPS) is 10.3. The highest BCUT2D eigenvalue weighted by Gasteiger charge is 2.11. The minimum Gasteiger partial charge on any atom is -0.472 e. The molecule has 0 aliphatic heterocycles. The van der Waals surface area contributed by atoms with E-state index < -0.39 is 0 Å². The summed E-state index contributed by atoms with van der Waals surface area (Å²) in [5.74, 6) is -0.0922. The summed E-state index contributed by atoms with van der Waals surface area (Å²) in [5, 5.41) is 2.78. The second-order valence-corrected chi connectivity index (χ2v) is 4.62. The van der Waals surface area contributed by atoms with Crippen molar-refractivity contribution in [3.8, 4) is 0 Å². The highest BCUT2D eigenvalue weighted by atomic mass is 16.3. The zero-order valence-corrected chi connectivity index (χ0v) is 11.7. The Morgan fingerprint density at radius 2 is 2.20 bits per heavy atom. The van der Waals surface area contributed by atoms with Crippen molar-refractivity contribution in [1.29, 1.82) is 0 Å². The predicted octanol–water partition coefficient (Wildman–Crippen LogP) is 2.25. The molecular weight excluding hydrogens is 254 g/mol. The molecular formula is C15H19N3O2. The maximum absolute atomic E-state index is 11.9. The third-order valence-electron chi connectivity index (χ3n) is 3.04. The Labute approximate surface area is 118 Å². The van der Waals surface area contributed by atoms with E-state index in [0.717, 1.165) is 11.3 Å². The van der Waals surface area contributed by atoms with Gasteiger partial charge in [0.25, 0.3) is 5.91 Å². The van der Waals surface area contributed by atoms with Crippen LogP contribution in [-0.2, 0) is 6.54 Å². The van der Waals surface area contributed by atoms with Crippen molar-refractivity contribution >= 4 is 17.3 Å². The predicted molar refractivity (Wildman–Crippen MR) is 79.7 cm³/mol. The molecule has 0 fully saturated rings. The van der Waals surface area contributed by atoms with Gasteiger partial charge in [-0.15, -0.1) is 0 Å². The third-order valence-corrected chi connectivity index (χ3v) is 3.04. The molecule has 0 saturated carbocycles. The first-order valence-electron chi connectivity index (χ1n) is 6.51. The van der Waals surface area contributed by atoms with Crippen LogP contribution in [0.25, 0.3) is 0 Å². The topological polar surface area (TPSA) is 71.5 Å². The lowest BCUT2D eigenvalue weighted by atomic mass is 10.1. The fourth-order valence-electron chi connectivity index (χ4n) is 2.02. The van der Waals surface area contributed by atoms with Gasteiger partial charge in [-0.1, -0.05) is 0 Å². The van der Waals surface area contributed by atoms with Gasteiger partial charge in [0.2, 0.25) is 0 Å². The molecule has 0 aliphatic carbocycles. The smallest absolute Gasteiger partial charge is 0.251 e. The molecule has 20 heavy (non-hydrogen) atoms. The third kappa shape index (κ3) is 3.12. The molecule has 0 radical (unpaired) electrons. The van der Waals surface area contributed by atoms with E-state index >= 15 is 0 Å². The first-order chi connectivity index (χ1) is 9.61. The van der Waals surface area contributed by atoms with Crippen LogP contribution in [0.1, 0.15) is 22.8 Å². The van der Waals surface area contributed by atoms with Gasteiger partial charge in [0.15, 0.2) is 0 Å². The number of nitrogens with zero attached hydrogens (tertiary/aromatic N) is 1. The van der Waals surface area contributed by atoms with Gasteiger partial charge >= 0.3 is 0 Å². The minimum absolute atomic E-state index is 0.0922. The summed E-state index contributed by atoms with van der Waals surface area (Å²) in [5.41, 5.74) is 9.13. The number of carbonyl (C=O) groups is 1. The summed E-state index contributed by atoms with van der Waals surface area (Å²) in [6.45, 7) is 3.16. The number of nitrogens with two attached hydrogens (primary N) is 1. The lowest BCUT2D eigenvalue weighted by molar-refractivity contribution is 0.0956. The van der Waals surface area contributed by atoms with Crippen LogP contribution in [0.2, 0.25) is 0 Å². The zero-order valence-electron chi connectivity index (χ0n) is 11.7. The molecule has 1 amide bonds. The number of nitrogens with one attached hydrogen (secondary N) is 1. The summed E-state index contributed by atoms with van der Waals surface area (Å²) in [4.78, 5) is 13.9. The first-order valence-corrected chi connectivity index (χ1v) is 6.51. The molecule has 0 saturated heterocycles.